The third kappa shape index (κ3) is 2.89. The van der Waals surface area contributed by atoms with Gasteiger partial charge in [0.05, 0.1) is 0 Å². The van der Waals surface area contributed by atoms with E-state index >= 15 is 0 Å². The van der Waals surface area contributed by atoms with Gasteiger partial charge in [0, 0.05) is 0 Å². The average molecular weight is 164 g/mol. The highest BCUT2D eigenvalue weighted by atomic mass is 35.5. The normalized spacial score (nSPS) is 31.8. The summed E-state index contributed by atoms with van der Waals surface area (Å²) < 4.78 is 0. The van der Waals surface area contributed by atoms with E-state index in [0.29, 0.717) is 0 Å². The van der Waals surface area contributed by atoms with Crippen LogP contribution in [0.2, 0.25) is 0 Å². The molecule has 10 heavy (non-hydrogen) atoms. The lowest BCUT2D eigenvalue weighted by Crippen LogP contribution is -2.05. The minimum atomic E-state index is 0. The number of hydrogen-bond acceptors (Lipinski definition) is 1. The molecule has 1 saturated carbocycles. The van der Waals surface area contributed by atoms with Crippen LogP contribution in [0.25, 0.3) is 0 Å². The molecule has 0 aromatic carbocycles. The maximum Gasteiger partial charge on any atom is -0.00746 e. The molecule has 62 valence electrons. The van der Waals surface area contributed by atoms with Crippen molar-refractivity contribution in [1.29, 1.82) is 0 Å². The van der Waals surface area contributed by atoms with Crippen molar-refractivity contribution < 1.29 is 0 Å². The second-order valence-corrected chi connectivity index (χ2v) is 3.36. The Bertz CT molecular complexity index is 83.3. The summed E-state index contributed by atoms with van der Waals surface area (Å²) in [6.07, 6.45) is 5.55. The van der Waals surface area contributed by atoms with E-state index in [0.717, 1.165) is 18.4 Å². The van der Waals surface area contributed by atoms with E-state index in [4.69, 9.17) is 5.73 Å². The fraction of sp³-hybridized carbons (Fsp3) is 1.00. The van der Waals surface area contributed by atoms with Gasteiger partial charge in [0.1, 0.15) is 0 Å². The molecule has 1 aliphatic rings. The summed E-state index contributed by atoms with van der Waals surface area (Å²) in [5.74, 6) is 1.94. The fourth-order valence-electron chi connectivity index (χ4n) is 1.82. The number of halogens is 1. The average Bonchev–Trinajstić information content (AvgIpc) is 2.17. The summed E-state index contributed by atoms with van der Waals surface area (Å²) in [5, 5.41) is 0. The molecule has 2 N–H and O–H groups in total. The van der Waals surface area contributed by atoms with Crippen LogP contribution in [0.15, 0.2) is 0 Å². The second-order valence-electron chi connectivity index (χ2n) is 3.36. The predicted molar refractivity (Wildman–Crippen MR) is 47.4 cm³/mol. The van der Waals surface area contributed by atoms with Gasteiger partial charge >= 0.3 is 0 Å². The maximum atomic E-state index is 5.45. The van der Waals surface area contributed by atoms with Gasteiger partial charge < -0.3 is 5.73 Å². The van der Waals surface area contributed by atoms with Gasteiger partial charge in [-0.1, -0.05) is 19.8 Å². The van der Waals surface area contributed by atoms with Gasteiger partial charge in [0.15, 0.2) is 0 Å². The molecule has 0 aromatic rings. The third-order valence-corrected chi connectivity index (χ3v) is 2.38. The van der Waals surface area contributed by atoms with Gasteiger partial charge in [0.25, 0.3) is 0 Å². The van der Waals surface area contributed by atoms with Crippen LogP contribution in [0.4, 0.5) is 0 Å². The van der Waals surface area contributed by atoms with Crippen LogP contribution >= 0.6 is 12.4 Å². The fourth-order valence-corrected chi connectivity index (χ4v) is 1.82. The highest BCUT2D eigenvalue weighted by Crippen LogP contribution is 2.31. The first kappa shape index (κ1) is 10.2. The Labute approximate surface area is 69.8 Å². The molecule has 0 radical (unpaired) electrons. The van der Waals surface area contributed by atoms with E-state index in [1.165, 1.54) is 25.7 Å². The predicted octanol–water partition coefficient (Wildman–Crippen LogP) is 2.19. The molecule has 0 spiro atoms. The van der Waals surface area contributed by atoms with Crippen molar-refractivity contribution in [2.75, 3.05) is 6.54 Å². The van der Waals surface area contributed by atoms with Crippen molar-refractivity contribution in [2.24, 2.45) is 17.6 Å². The van der Waals surface area contributed by atoms with Crippen LogP contribution in [0.1, 0.15) is 32.6 Å². The Hall–Kier alpha value is 0.250. The minimum Gasteiger partial charge on any atom is -0.330 e. The molecule has 2 heteroatoms. The van der Waals surface area contributed by atoms with Crippen LogP contribution in [0, 0.1) is 11.8 Å². The zero-order valence-corrected chi connectivity index (χ0v) is 7.49. The number of rotatable bonds is 2. The zero-order valence-electron chi connectivity index (χ0n) is 6.68. The van der Waals surface area contributed by atoms with Crippen LogP contribution in [0.5, 0.6) is 0 Å². The molecular formula is C8H18ClN. The van der Waals surface area contributed by atoms with Crippen LogP contribution < -0.4 is 5.73 Å². The summed E-state index contributed by atoms with van der Waals surface area (Å²) in [6, 6.07) is 0. The van der Waals surface area contributed by atoms with Gasteiger partial charge in [-0.25, -0.2) is 0 Å². The largest absolute Gasteiger partial charge is 0.330 e. The van der Waals surface area contributed by atoms with Crippen LogP contribution in [0.3, 0.4) is 0 Å². The van der Waals surface area contributed by atoms with E-state index < -0.39 is 0 Å². The summed E-state index contributed by atoms with van der Waals surface area (Å²) in [5.41, 5.74) is 5.45. The van der Waals surface area contributed by atoms with Gasteiger partial charge in [-0.15, -0.1) is 12.4 Å². The molecule has 1 fully saturated rings. The first-order chi connectivity index (χ1) is 4.33. The van der Waals surface area contributed by atoms with Gasteiger partial charge in [-0.3, -0.25) is 0 Å². The molecule has 1 aliphatic carbocycles. The zero-order chi connectivity index (χ0) is 6.69. The van der Waals surface area contributed by atoms with Crippen LogP contribution in [-0.2, 0) is 0 Å². The van der Waals surface area contributed by atoms with Gasteiger partial charge in [-0.05, 0) is 31.2 Å². The summed E-state index contributed by atoms with van der Waals surface area (Å²) in [6.45, 7) is 3.23. The molecule has 0 bridgehead atoms. The lowest BCUT2D eigenvalue weighted by atomic mass is 10.0. The number of hydrogen-bond donors (Lipinski definition) is 1. The third-order valence-electron chi connectivity index (χ3n) is 2.38. The molecule has 1 nitrogen and oxygen atoms in total. The highest BCUT2D eigenvalue weighted by Gasteiger charge is 2.19. The SMILES string of the molecule is CC1CCC(CCN)C1.Cl. The summed E-state index contributed by atoms with van der Waals surface area (Å²) in [4.78, 5) is 0. The summed E-state index contributed by atoms with van der Waals surface area (Å²) >= 11 is 0. The monoisotopic (exact) mass is 163 g/mol. The first-order valence-corrected chi connectivity index (χ1v) is 4.03. The lowest BCUT2D eigenvalue weighted by Gasteiger charge is -2.05. The lowest BCUT2D eigenvalue weighted by molar-refractivity contribution is 0.486. The van der Waals surface area contributed by atoms with Gasteiger partial charge in [-0.2, -0.15) is 0 Å². The van der Waals surface area contributed by atoms with Crippen molar-refractivity contribution in [3.05, 3.63) is 0 Å². The Morgan fingerprint density at radius 1 is 1.40 bits per heavy atom. The van der Waals surface area contributed by atoms with Crippen molar-refractivity contribution in [3.8, 4) is 0 Å². The van der Waals surface area contributed by atoms with E-state index in [-0.39, 0.29) is 12.4 Å². The van der Waals surface area contributed by atoms with E-state index in [1.54, 1.807) is 0 Å². The molecule has 0 amide bonds. The first-order valence-electron chi connectivity index (χ1n) is 4.03. The van der Waals surface area contributed by atoms with Gasteiger partial charge in [0.2, 0.25) is 0 Å². The highest BCUT2D eigenvalue weighted by molar-refractivity contribution is 5.85. The van der Waals surface area contributed by atoms with Crippen molar-refractivity contribution >= 4 is 12.4 Å². The second kappa shape index (κ2) is 4.97. The molecule has 1 rings (SSSR count). The molecule has 0 aliphatic heterocycles. The molecule has 0 aromatic heterocycles. The standard InChI is InChI=1S/C8H17N.ClH/c1-7-2-3-8(6-7)4-5-9;/h7-8H,2-6,9H2,1H3;1H. The Morgan fingerprint density at radius 3 is 2.50 bits per heavy atom. The topological polar surface area (TPSA) is 26.0 Å². The smallest absolute Gasteiger partial charge is 0.00746 e. The van der Waals surface area contributed by atoms with Crippen molar-refractivity contribution in [3.63, 3.8) is 0 Å². The maximum absolute atomic E-state index is 5.45. The van der Waals surface area contributed by atoms with Crippen LogP contribution in [-0.4, -0.2) is 6.54 Å². The van der Waals surface area contributed by atoms with Crippen molar-refractivity contribution in [2.45, 2.75) is 32.6 Å². The Kier molecular flexibility index (Phi) is 5.10. The minimum absolute atomic E-state index is 0. The molecule has 0 heterocycles. The molecule has 2 unspecified atom stereocenters. The number of nitrogens with two attached hydrogens (primary N) is 1. The molecule has 2 atom stereocenters. The summed E-state index contributed by atoms with van der Waals surface area (Å²) in [7, 11) is 0. The Balaban J connectivity index is 0.000000810. The van der Waals surface area contributed by atoms with E-state index in [9.17, 15) is 0 Å². The Morgan fingerprint density at radius 2 is 2.10 bits per heavy atom. The van der Waals surface area contributed by atoms with Crippen molar-refractivity contribution in [1.82, 2.24) is 0 Å². The molecule has 0 saturated heterocycles. The van der Waals surface area contributed by atoms with E-state index in [1.807, 2.05) is 0 Å². The quantitative estimate of drug-likeness (QED) is 0.664. The van der Waals surface area contributed by atoms with E-state index in [2.05, 4.69) is 6.92 Å². The molecular weight excluding hydrogens is 146 g/mol.